The fraction of sp³-hybridized carbons (Fsp3) is 0.296. The van der Waals surface area contributed by atoms with E-state index in [1.165, 1.54) is 12.5 Å². The lowest BCUT2D eigenvalue weighted by Gasteiger charge is -2.29. The number of nitrogens with zero attached hydrogens (tertiary/aromatic N) is 3. The normalized spacial score (nSPS) is 15.7. The third-order valence-corrected chi connectivity index (χ3v) is 7.22. The number of aromatic nitrogens is 3. The number of rotatable bonds is 7. The van der Waals surface area contributed by atoms with Crippen LogP contribution < -0.4 is 9.64 Å². The van der Waals surface area contributed by atoms with Crippen LogP contribution in [0, 0.1) is 0 Å². The highest BCUT2D eigenvalue weighted by atomic mass is 32.2. The fourth-order valence-electron chi connectivity index (χ4n) is 4.57. The second-order valence-electron chi connectivity index (χ2n) is 10.1. The quantitative estimate of drug-likeness (QED) is 0.380. The largest absolute Gasteiger partial charge is 0.492 e. The van der Waals surface area contributed by atoms with Gasteiger partial charge in [-0.3, -0.25) is 14.8 Å². The molecule has 0 fully saturated rings. The molecule has 1 amide bonds. The number of hydrogen-bond donors (Lipinski definition) is 1. The number of fused-ring (bicyclic) bond motifs is 1. The van der Waals surface area contributed by atoms with Gasteiger partial charge in [0.25, 0.3) is 5.91 Å². The van der Waals surface area contributed by atoms with E-state index in [1.807, 2.05) is 42.5 Å². The van der Waals surface area contributed by atoms with E-state index in [4.69, 9.17) is 9.26 Å². The molecule has 2 aromatic carbocycles. The van der Waals surface area contributed by atoms with Crippen molar-refractivity contribution < 1.29 is 22.5 Å². The lowest BCUT2D eigenvalue weighted by Crippen LogP contribution is -2.30. The Kier molecular flexibility index (Phi) is 6.15. The zero-order valence-corrected chi connectivity index (χ0v) is 21.9. The molecular weight excluding hydrogens is 492 g/mol. The number of ether oxygens (including phenoxy) is 1. The summed E-state index contributed by atoms with van der Waals surface area (Å²) in [7, 11) is -3.19. The Balaban J connectivity index is 1.61. The van der Waals surface area contributed by atoms with E-state index in [9.17, 15) is 13.2 Å². The maximum atomic E-state index is 13.8. The molecule has 0 bridgehead atoms. The summed E-state index contributed by atoms with van der Waals surface area (Å²) in [5, 5.41) is 11.5. The summed E-state index contributed by atoms with van der Waals surface area (Å²) in [5.41, 5.74) is 4.69. The SMILES string of the molecule is CC(C)(C)c1[nH]nc2c1C(c1ccccc1OCCS(C)(=O)=O)N(c1ccc(-c3ccon3)cc1)C2=O. The Morgan fingerprint density at radius 3 is 2.46 bits per heavy atom. The van der Waals surface area contributed by atoms with Gasteiger partial charge in [0.2, 0.25) is 0 Å². The smallest absolute Gasteiger partial charge is 0.280 e. The molecule has 5 rings (SSSR count). The van der Waals surface area contributed by atoms with Gasteiger partial charge in [0.1, 0.15) is 24.3 Å². The summed E-state index contributed by atoms with van der Waals surface area (Å²) in [4.78, 5) is 15.5. The Labute approximate surface area is 215 Å². The minimum absolute atomic E-state index is 0.00722. The first-order valence-electron chi connectivity index (χ1n) is 11.9. The maximum Gasteiger partial charge on any atom is 0.280 e. The molecular formula is C27H28N4O5S. The minimum atomic E-state index is -3.19. The number of aromatic amines is 1. The zero-order valence-electron chi connectivity index (χ0n) is 21.1. The molecule has 10 heteroatoms. The van der Waals surface area contributed by atoms with Crippen LogP contribution in [0.15, 0.2) is 65.4 Å². The van der Waals surface area contributed by atoms with Crippen molar-refractivity contribution in [3.63, 3.8) is 0 Å². The van der Waals surface area contributed by atoms with Gasteiger partial charge in [-0.2, -0.15) is 5.10 Å². The van der Waals surface area contributed by atoms with Gasteiger partial charge in [-0.05, 0) is 18.2 Å². The van der Waals surface area contributed by atoms with Gasteiger partial charge in [-0.1, -0.05) is 56.3 Å². The summed E-state index contributed by atoms with van der Waals surface area (Å²) in [5.74, 6) is 0.177. The van der Waals surface area contributed by atoms with Gasteiger partial charge in [0, 0.05) is 45.8 Å². The number of H-pyrrole nitrogens is 1. The van der Waals surface area contributed by atoms with E-state index in [1.54, 1.807) is 17.0 Å². The van der Waals surface area contributed by atoms with Crippen molar-refractivity contribution in [3.05, 3.63) is 83.4 Å². The van der Waals surface area contributed by atoms with Gasteiger partial charge < -0.3 is 9.26 Å². The molecule has 0 radical (unpaired) electrons. The molecule has 37 heavy (non-hydrogen) atoms. The molecule has 1 aliphatic rings. The fourth-order valence-corrected chi connectivity index (χ4v) is 4.95. The summed E-state index contributed by atoms with van der Waals surface area (Å²) in [6.45, 7) is 6.19. The van der Waals surface area contributed by atoms with Crippen molar-refractivity contribution in [3.8, 4) is 17.0 Å². The number of benzene rings is 2. The lowest BCUT2D eigenvalue weighted by atomic mass is 9.85. The Morgan fingerprint density at radius 2 is 1.81 bits per heavy atom. The Bertz CT molecular complexity index is 1530. The monoisotopic (exact) mass is 520 g/mol. The van der Waals surface area contributed by atoms with Crippen LogP contribution in [0.4, 0.5) is 5.69 Å². The number of hydrogen-bond acceptors (Lipinski definition) is 7. The third kappa shape index (κ3) is 4.76. The number of carbonyl (C=O) groups excluding carboxylic acids is 1. The second-order valence-corrected chi connectivity index (χ2v) is 12.4. The molecule has 3 heterocycles. The van der Waals surface area contributed by atoms with Gasteiger partial charge >= 0.3 is 0 Å². The summed E-state index contributed by atoms with van der Waals surface area (Å²) in [6.07, 6.45) is 2.69. The van der Waals surface area contributed by atoms with E-state index in [0.717, 1.165) is 22.4 Å². The molecule has 2 aromatic heterocycles. The highest BCUT2D eigenvalue weighted by Gasteiger charge is 2.45. The van der Waals surface area contributed by atoms with Crippen molar-refractivity contribution in [1.29, 1.82) is 0 Å². The van der Waals surface area contributed by atoms with Crippen LogP contribution in [0.25, 0.3) is 11.3 Å². The van der Waals surface area contributed by atoms with E-state index in [0.29, 0.717) is 22.8 Å². The molecule has 192 valence electrons. The molecule has 0 aliphatic carbocycles. The zero-order chi connectivity index (χ0) is 26.4. The summed E-state index contributed by atoms with van der Waals surface area (Å²) in [6, 6.07) is 16.2. The molecule has 9 nitrogen and oxygen atoms in total. The van der Waals surface area contributed by atoms with Gasteiger partial charge in [-0.15, -0.1) is 0 Å². The van der Waals surface area contributed by atoms with Crippen LogP contribution in [0.1, 0.15) is 54.1 Å². The maximum absolute atomic E-state index is 13.8. The van der Waals surface area contributed by atoms with Gasteiger partial charge in [0.05, 0.1) is 11.8 Å². The Morgan fingerprint density at radius 1 is 1.08 bits per heavy atom. The number of amides is 1. The van der Waals surface area contributed by atoms with Crippen LogP contribution in [0.5, 0.6) is 5.75 Å². The molecule has 1 aliphatic heterocycles. The first-order chi connectivity index (χ1) is 17.5. The number of nitrogens with one attached hydrogen (secondary N) is 1. The van der Waals surface area contributed by atoms with Crippen LogP contribution in [0.2, 0.25) is 0 Å². The molecule has 1 atom stereocenters. The van der Waals surface area contributed by atoms with E-state index in [2.05, 4.69) is 36.1 Å². The first-order valence-corrected chi connectivity index (χ1v) is 13.9. The number of carbonyl (C=O) groups is 1. The molecule has 1 N–H and O–H groups in total. The predicted molar refractivity (Wildman–Crippen MR) is 140 cm³/mol. The molecule has 0 spiro atoms. The molecule has 1 unspecified atom stereocenters. The van der Waals surface area contributed by atoms with Crippen LogP contribution in [0.3, 0.4) is 0 Å². The highest BCUT2D eigenvalue weighted by Crippen LogP contribution is 2.47. The predicted octanol–water partition coefficient (Wildman–Crippen LogP) is 4.54. The average Bonchev–Trinajstić information content (AvgIpc) is 3.57. The van der Waals surface area contributed by atoms with Crippen molar-refractivity contribution in [1.82, 2.24) is 15.4 Å². The van der Waals surface area contributed by atoms with Crippen LogP contribution in [-0.2, 0) is 15.3 Å². The van der Waals surface area contributed by atoms with E-state index in [-0.39, 0.29) is 23.7 Å². The summed E-state index contributed by atoms with van der Waals surface area (Å²) >= 11 is 0. The molecule has 4 aromatic rings. The van der Waals surface area contributed by atoms with Crippen molar-refractivity contribution in [2.45, 2.75) is 32.2 Å². The van der Waals surface area contributed by atoms with Gasteiger partial charge in [0.15, 0.2) is 15.5 Å². The third-order valence-electron chi connectivity index (χ3n) is 6.31. The summed E-state index contributed by atoms with van der Waals surface area (Å²) < 4.78 is 34.3. The molecule has 0 saturated carbocycles. The number of para-hydroxylation sites is 1. The lowest BCUT2D eigenvalue weighted by molar-refractivity contribution is 0.0988. The minimum Gasteiger partial charge on any atom is -0.492 e. The number of anilines is 1. The first kappa shape index (κ1) is 24.8. The van der Waals surface area contributed by atoms with Crippen molar-refractivity contribution in [2.75, 3.05) is 23.5 Å². The average molecular weight is 521 g/mol. The highest BCUT2D eigenvalue weighted by molar-refractivity contribution is 7.90. The van der Waals surface area contributed by atoms with E-state index < -0.39 is 15.9 Å². The van der Waals surface area contributed by atoms with Crippen molar-refractivity contribution >= 4 is 21.4 Å². The molecule has 0 saturated heterocycles. The number of sulfone groups is 1. The topological polar surface area (TPSA) is 118 Å². The van der Waals surface area contributed by atoms with Crippen LogP contribution >= 0.6 is 0 Å². The standard InChI is InChI=1S/C27H28N4O5S/c1-27(2,3)25-22-23(28-29-25)26(32)31(18-11-9-17(10-12-18)20-13-14-36-30-20)24(22)19-7-5-6-8-21(19)35-15-16-37(4,33)34/h5-14,24H,15-16H2,1-4H3,(H,28,29). The second kappa shape index (κ2) is 9.19. The van der Waals surface area contributed by atoms with Crippen molar-refractivity contribution in [2.24, 2.45) is 0 Å². The van der Waals surface area contributed by atoms with Gasteiger partial charge in [-0.25, -0.2) is 8.42 Å². The van der Waals surface area contributed by atoms with Crippen LogP contribution in [-0.4, -0.2) is 48.3 Å². The van der Waals surface area contributed by atoms with E-state index >= 15 is 0 Å². The Hall–Kier alpha value is -3.92.